The molecule has 0 spiro atoms. The zero-order valence-corrected chi connectivity index (χ0v) is 9.67. The Morgan fingerprint density at radius 2 is 2.18 bits per heavy atom. The summed E-state index contributed by atoms with van der Waals surface area (Å²) in [5.41, 5.74) is 0. The lowest BCUT2D eigenvalue weighted by Gasteiger charge is -2.04. The SMILES string of the molecule is O=C1COC(/C=C/CCOc2ccccc2)C1. The molecule has 1 fully saturated rings. The van der Waals surface area contributed by atoms with E-state index in [1.165, 1.54) is 0 Å². The van der Waals surface area contributed by atoms with Crippen LogP contribution >= 0.6 is 0 Å². The Bertz CT molecular complexity index is 384. The highest BCUT2D eigenvalue weighted by atomic mass is 16.5. The van der Waals surface area contributed by atoms with E-state index in [-0.39, 0.29) is 18.5 Å². The molecule has 0 amide bonds. The normalized spacial score (nSPS) is 20.0. The largest absolute Gasteiger partial charge is 0.493 e. The summed E-state index contributed by atoms with van der Waals surface area (Å²) < 4.78 is 10.8. The fraction of sp³-hybridized carbons (Fsp3) is 0.357. The van der Waals surface area contributed by atoms with Crippen molar-refractivity contribution in [3.8, 4) is 5.75 Å². The van der Waals surface area contributed by atoms with Gasteiger partial charge in [0.15, 0.2) is 5.78 Å². The molecule has 0 saturated carbocycles. The Morgan fingerprint density at radius 1 is 1.35 bits per heavy atom. The van der Waals surface area contributed by atoms with Crippen LogP contribution in [0.4, 0.5) is 0 Å². The first-order valence-electron chi connectivity index (χ1n) is 5.82. The van der Waals surface area contributed by atoms with Crippen LogP contribution in [0, 0.1) is 0 Å². The highest BCUT2D eigenvalue weighted by Crippen LogP contribution is 2.11. The standard InChI is InChI=1S/C14H16O3/c15-12-10-14(17-11-12)8-4-5-9-16-13-6-2-1-3-7-13/h1-4,6-8,14H,5,9-11H2/b8-4+. The van der Waals surface area contributed by atoms with E-state index in [1.54, 1.807) is 0 Å². The Kier molecular flexibility index (Phi) is 4.33. The molecule has 1 saturated heterocycles. The van der Waals surface area contributed by atoms with Crippen LogP contribution in [0.2, 0.25) is 0 Å². The van der Waals surface area contributed by atoms with Gasteiger partial charge in [0.05, 0.1) is 12.7 Å². The molecule has 3 nitrogen and oxygen atoms in total. The maximum atomic E-state index is 10.9. The zero-order chi connectivity index (χ0) is 11.9. The molecule has 2 rings (SSSR count). The lowest BCUT2D eigenvalue weighted by molar-refractivity contribution is -0.117. The van der Waals surface area contributed by atoms with Crippen LogP contribution in [-0.2, 0) is 9.53 Å². The van der Waals surface area contributed by atoms with E-state index in [0.717, 1.165) is 12.2 Å². The van der Waals surface area contributed by atoms with E-state index in [4.69, 9.17) is 9.47 Å². The van der Waals surface area contributed by atoms with Gasteiger partial charge in [0.25, 0.3) is 0 Å². The minimum Gasteiger partial charge on any atom is -0.493 e. The molecule has 90 valence electrons. The molecule has 1 aliphatic rings. The van der Waals surface area contributed by atoms with Gasteiger partial charge >= 0.3 is 0 Å². The summed E-state index contributed by atoms with van der Waals surface area (Å²) in [6.45, 7) is 0.900. The number of hydrogen-bond acceptors (Lipinski definition) is 3. The molecule has 0 N–H and O–H groups in total. The van der Waals surface area contributed by atoms with Crippen molar-refractivity contribution in [1.82, 2.24) is 0 Å². The van der Waals surface area contributed by atoms with Crippen molar-refractivity contribution in [1.29, 1.82) is 0 Å². The fourth-order valence-corrected chi connectivity index (χ4v) is 1.68. The second kappa shape index (κ2) is 6.21. The number of hydrogen-bond donors (Lipinski definition) is 0. The van der Waals surface area contributed by atoms with Gasteiger partial charge in [-0.15, -0.1) is 0 Å². The minimum atomic E-state index is -0.0285. The Labute approximate surface area is 101 Å². The summed E-state index contributed by atoms with van der Waals surface area (Å²) >= 11 is 0. The van der Waals surface area contributed by atoms with Gasteiger partial charge in [-0.3, -0.25) is 4.79 Å². The van der Waals surface area contributed by atoms with Crippen LogP contribution < -0.4 is 4.74 Å². The van der Waals surface area contributed by atoms with Gasteiger partial charge < -0.3 is 9.47 Å². The number of rotatable bonds is 5. The molecule has 1 aromatic rings. The van der Waals surface area contributed by atoms with E-state index in [1.807, 2.05) is 42.5 Å². The van der Waals surface area contributed by atoms with E-state index < -0.39 is 0 Å². The van der Waals surface area contributed by atoms with Gasteiger partial charge in [0.1, 0.15) is 12.4 Å². The number of carbonyl (C=O) groups excluding carboxylic acids is 1. The average molecular weight is 232 g/mol. The third-order valence-electron chi connectivity index (χ3n) is 2.53. The molecular formula is C14H16O3. The predicted molar refractivity (Wildman–Crippen MR) is 65.1 cm³/mol. The molecule has 1 heterocycles. The lowest BCUT2D eigenvalue weighted by Crippen LogP contribution is -2.00. The topological polar surface area (TPSA) is 35.5 Å². The van der Waals surface area contributed by atoms with Crippen LogP contribution in [0.5, 0.6) is 5.75 Å². The number of benzene rings is 1. The number of Topliss-reactive ketones (excluding diaryl/α,β-unsaturated/α-hetero) is 1. The molecule has 17 heavy (non-hydrogen) atoms. The van der Waals surface area contributed by atoms with E-state index in [0.29, 0.717) is 13.0 Å². The number of carbonyl (C=O) groups is 1. The second-order valence-electron chi connectivity index (χ2n) is 3.97. The summed E-state index contributed by atoms with van der Waals surface area (Å²) in [6.07, 6.45) is 5.25. The van der Waals surface area contributed by atoms with Gasteiger partial charge in [-0.25, -0.2) is 0 Å². The molecule has 0 bridgehead atoms. The van der Waals surface area contributed by atoms with Crippen molar-refractivity contribution >= 4 is 5.78 Å². The van der Waals surface area contributed by atoms with Crippen LogP contribution in [0.3, 0.4) is 0 Å². The van der Waals surface area contributed by atoms with Gasteiger partial charge in [0.2, 0.25) is 0 Å². The Hall–Kier alpha value is -1.61. The summed E-state index contributed by atoms with van der Waals surface area (Å²) in [4.78, 5) is 10.9. The maximum Gasteiger partial charge on any atom is 0.161 e. The second-order valence-corrected chi connectivity index (χ2v) is 3.97. The summed E-state index contributed by atoms with van der Waals surface area (Å²) in [5, 5.41) is 0. The summed E-state index contributed by atoms with van der Waals surface area (Å²) in [7, 11) is 0. The highest BCUT2D eigenvalue weighted by molar-refractivity contribution is 5.82. The lowest BCUT2D eigenvalue weighted by atomic mass is 10.2. The first kappa shape index (κ1) is 11.9. The van der Waals surface area contributed by atoms with Crippen molar-refractivity contribution in [2.24, 2.45) is 0 Å². The van der Waals surface area contributed by atoms with Crippen molar-refractivity contribution in [3.63, 3.8) is 0 Å². The van der Waals surface area contributed by atoms with Crippen LogP contribution in [-0.4, -0.2) is 25.1 Å². The fourth-order valence-electron chi connectivity index (χ4n) is 1.68. The zero-order valence-electron chi connectivity index (χ0n) is 9.67. The molecular weight excluding hydrogens is 216 g/mol. The van der Waals surface area contributed by atoms with Crippen LogP contribution in [0.25, 0.3) is 0 Å². The minimum absolute atomic E-state index is 0.0285. The van der Waals surface area contributed by atoms with Gasteiger partial charge in [0, 0.05) is 6.42 Å². The number of ether oxygens (including phenoxy) is 2. The Morgan fingerprint density at radius 3 is 2.88 bits per heavy atom. The van der Waals surface area contributed by atoms with Gasteiger partial charge in [-0.05, 0) is 18.6 Å². The molecule has 1 aromatic carbocycles. The monoisotopic (exact) mass is 232 g/mol. The van der Waals surface area contributed by atoms with E-state index >= 15 is 0 Å². The van der Waals surface area contributed by atoms with Crippen molar-refractivity contribution in [2.75, 3.05) is 13.2 Å². The molecule has 1 unspecified atom stereocenters. The van der Waals surface area contributed by atoms with Crippen LogP contribution in [0.1, 0.15) is 12.8 Å². The predicted octanol–water partition coefficient (Wildman–Crippen LogP) is 2.37. The van der Waals surface area contributed by atoms with Crippen molar-refractivity contribution < 1.29 is 14.3 Å². The third-order valence-corrected chi connectivity index (χ3v) is 2.53. The average Bonchev–Trinajstić information content (AvgIpc) is 2.76. The number of ketones is 1. The maximum absolute atomic E-state index is 10.9. The smallest absolute Gasteiger partial charge is 0.161 e. The van der Waals surface area contributed by atoms with E-state index in [2.05, 4.69) is 0 Å². The number of para-hydroxylation sites is 1. The highest BCUT2D eigenvalue weighted by Gasteiger charge is 2.19. The summed E-state index contributed by atoms with van der Waals surface area (Å²) in [6, 6.07) is 9.72. The molecule has 0 aromatic heterocycles. The van der Waals surface area contributed by atoms with E-state index in [9.17, 15) is 4.79 Å². The van der Waals surface area contributed by atoms with Gasteiger partial charge in [-0.1, -0.05) is 30.4 Å². The van der Waals surface area contributed by atoms with Crippen LogP contribution in [0.15, 0.2) is 42.5 Å². The van der Waals surface area contributed by atoms with Crippen molar-refractivity contribution in [3.05, 3.63) is 42.5 Å². The first-order valence-corrected chi connectivity index (χ1v) is 5.82. The van der Waals surface area contributed by atoms with Crippen molar-refractivity contribution in [2.45, 2.75) is 18.9 Å². The molecule has 1 atom stereocenters. The summed E-state index contributed by atoms with van der Waals surface area (Å²) in [5.74, 6) is 1.06. The molecule has 0 radical (unpaired) electrons. The molecule has 3 heteroatoms. The third kappa shape index (κ3) is 4.04. The first-order chi connectivity index (χ1) is 8.34. The molecule has 1 aliphatic heterocycles. The quantitative estimate of drug-likeness (QED) is 0.577. The molecule has 0 aliphatic carbocycles. The van der Waals surface area contributed by atoms with Gasteiger partial charge in [-0.2, -0.15) is 0 Å². The Balaban J connectivity index is 1.63.